The Morgan fingerprint density at radius 3 is 2.73 bits per heavy atom. The molecule has 0 N–H and O–H groups in total. The number of rotatable bonds is 1. The van der Waals surface area contributed by atoms with E-state index in [0.29, 0.717) is 15.1 Å². The minimum atomic E-state index is 0.449. The smallest absolute Gasteiger partial charge is 0.260 e. The number of nitrogens with zero attached hydrogens (tertiary/aromatic N) is 1. The molecule has 1 heterocycles. The normalized spacial score (nSPS) is 9.73. The summed E-state index contributed by atoms with van der Waals surface area (Å²) in [4.78, 5) is 0. The molecule has 0 spiro atoms. The molecular formula is C6H5Br2NO2. The average Bonchev–Trinajstić information content (AvgIpc) is 1.97. The lowest BCUT2D eigenvalue weighted by Crippen LogP contribution is -2.27. The van der Waals surface area contributed by atoms with E-state index in [1.54, 1.807) is 6.07 Å². The fourth-order valence-electron chi connectivity index (χ4n) is 0.619. The van der Waals surface area contributed by atoms with Crippen molar-refractivity contribution in [3.05, 3.63) is 26.5 Å². The highest BCUT2D eigenvalue weighted by Crippen LogP contribution is 2.24. The summed E-state index contributed by atoms with van der Waals surface area (Å²) < 4.78 is 6.77. The highest BCUT2D eigenvalue weighted by molar-refractivity contribution is 9.11. The van der Waals surface area contributed by atoms with Crippen LogP contribution in [0.3, 0.4) is 0 Å². The molecule has 0 aliphatic carbocycles. The van der Waals surface area contributed by atoms with Gasteiger partial charge in [0.1, 0.15) is 0 Å². The van der Waals surface area contributed by atoms with Gasteiger partial charge < -0.3 is 9.94 Å². The van der Waals surface area contributed by atoms with E-state index in [9.17, 15) is 5.21 Å². The maximum absolute atomic E-state index is 10.9. The summed E-state index contributed by atoms with van der Waals surface area (Å²) in [6.45, 7) is 0. The Balaban J connectivity index is 3.21. The standard InChI is InChI=1S/C6H5Br2NO2/c1-11-5-3-9(10)6(8)2-4(5)7/h2-3H,1H3. The van der Waals surface area contributed by atoms with Crippen molar-refractivity contribution in [3.63, 3.8) is 0 Å². The third-order valence-electron chi connectivity index (χ3n) is 1.15. The molecule has 0 aliphatic heterocycles. The van der Waals surface area contributed by atoms with Crippen LogP contribution in [-0.2, 0) is 0 Å². The maximum Gasteiger partial charge on any atom is 0.260 e. The van der Waals surface area contributed by atoms with E-state index < -0.39 is 0 Å². The van der Waals surface area contributed by atoms with Crippen LogP contribution in [0.15, 0.2) is 21.3 Å². The van der Waals surface area contributed by atoms with E-state index in [-0.39, 0.29) is 0 Å². The molecular weight excluding hydrogens is 278 g/mol. The predicted octanol–water partition coefficient (Wildman–Crippen LogP) is 1.85. The first kappa shape index (κ1) is 8.80. The van der Waals surface area contributed by atoms with Crippen LogP contribution in [-0.4, -0.2) is 7.11 Å². The summed E-state index contributed by atoms with van der Waals surface area (Å²) in [5, 5.41) is 10.9. The Morgan fingerprint density at radius 2 is 2.18 bits per heavy atom. The van der Waals surface area contributed by atoms with Gasteiger partial charge in [-0.2, -0.15) is 4.73 Å². The molecule has 11 heavy (non-hydrogen) atoms. The molecule has 0 fully saturated rings. The monoisotopic (exact) mass is 281 g/mol. The second-order valence-electron chi connectivity index (χ2n) is 1.84. The van der Waals surface area contributed by atoms with Gasteiger partial charge in [0.05, 0.1) is 11.6 Å². The molecule has 3 nitrogen and oxygen atoms in total. The fraction of sp³-hybridized carbons (Fsp3) is 0.167. The third kappa shape index (κ3) is 1.84. The number of methoxy groups -OCH3 is 1. The quantitative estimate of drug-likeness (QED) is 0.448. The van der Waals surface area contributed by atoms with Crippen molar-refractivity contribution >= 4 is 31.9 Å². The van der Waals surface area contributed by atoms with E-state index in [1.165, 1.54) is 13.3 Å². The van der Waals surface area contributed by atoms with Gasteiger partial charge in [0.2, 0.25) is 6.20 Å². The minimum Gasteiger partial charge on any atom is -0.618 e. The summed E-state index contributed by atoms with van der Waals surface area (Å²) in [7, 11) is 1.51. The van der Waals surface area contributed by atoms with Gasteiger partial charge in [-0.3, -0.25) is 0 Å². The number of pyridine rings is 1. The molecule has 0 saturated carbocycles. The largest absolute Gasteiger partial charge is 0.618 e. The summed E-state index contributed by atoms with van der Waals surface area (Å²) in [5.41, 5.74) is 0. The zero-order valence-corrected chi connectivity index (χ0v) is 8.85. The van der Waals surface area contributed by atoms with Crippen LogP contribution in [0.2, 0.25) is 0 Å². The topological polar surface area (TPSA) is 36.2 Å². The van der Waals surface area contributed by atoms with Gasteiger partial charge in [0, 0.05) is 22.0 Å². The summed E-state index contributed by atoms with van der Waals surface area (Å²) >= 11 is 6.31. The van der Waals surface area contributed by atoms with Gasteiger partial charge in [-0.1, -0.05) is 0 Å². The molecule has 0 radical (unpaired) electrons. The molecule has 1 aromatic rings. The van der Waals surface area contributed by atoms with Gasteiger partial charge in [-0.25, -0.2) is 0 Å². The van der Waals surface area contributed by atoms with Crippen molar-refractivity contribution in [2.75, 3.05) is 7.11 Å². The van der Waals surface area contributed by atoms with Gasteiger partial charge in [0.25, 0.3) is 4.60 Å². The number of ether oxygens (including phenoxy) is 1. The molecule has 0 bridgehead atoms. The molecule has 0 saturated heterocycles. The van der Waals surface area contributed by atoms with Gasteiger partial charge >= 0.3 is 0 Å². The van der Waals surface area contributed by atoms with E-state index in [2.05, 4.69) is 31.9 Å². The van der Waals surface area contributed by atoms with Crippen LogP contribution >= 0.6 is 31.9 Å². The second kappa shape index (κ2) is 3.40. The molecule has 1 rings (SSSR count). The first-order valence-electron chi connectivity index (χ1n) is 2.77. The Morgan fingerprint density at radius 1 is 1.55 bits per heavy atom. The first-order valence-corrected chi connectivity index (χ1v) is 4.36. The fourth-order valence-corrected chi connectivity index (χ4v) is 1.74. The summed E-state index contributed by atoms with van der Waals surface area (Å²) in [6, 6.07) is 1.63. The van der Waals surface area contributed by atoms with Gasteiger partial charge in [-0.05, 0) is 15.9 Å². The van der Waals surface area contributed by atoms with Crippen molar-refractivity contribution in [1.82, 2.24) is 0 Å². The summed E-state index contributed by atoms with van der Waals surface area (Å²) in [6.07, 6.45) is 1.34. The zero-order chi connectivity index (χ0) is 8.43. The SMILES string of the molecule is COc1c[n+]([O-])c(Br)cc1Br. The first-order chi connectivity index (χ1) is 5.15. The Kier molecular flexibility index (Phi) is 2.72. The minimum absolute atomic E-state index is 0.449. The van der Waals surface area contributed by atoms with Crippen LogP contribution in [0, 0.1) is 5.21 Å². The van der Waals surface area contributed by atoms with Crippen LogP contribution in [0.1, 0.15) is 0 Å². The molecule has 0 unspecified atom stereocenters. The zero-order valence-electron chi connectivity index (χ0n) is 5.67. The van der Waals surface area contributed by atoms with Crippen LogP contribution in [0.4, 0.5) is 0 Å². The Labute approximate surface area is 80.8 Å². The van der Waals surface area contributed by atoms with Crippen LogP contribution in [0.5, 0.6) is 5.75 Å². The van der Waals surface area contributed by atoms with Crippen molar-refractivity contribution < 1.29 is 9.47 Å². The number of hydrogen-bond acceptors (Lipinski definition) is 2. The third-order valence-corrected chi connectivity index (χ3v) is 2.34. The maximum atomic E-state index is 10.9. The average molecular weight is 283 g/mol. The Hall–Kier alpha value is -0.290. The number of hydrogen-bond donors (Lipinski definition) is 0. The molecule has 5 heteroatoms. The lowest BCUT2D eigenvalue weighted by molar-refractivity contribution is -0.617. The van der Waals surface area contributed by atoms with E-state index in [1.807, 2.05) is 0 Å². The van der Waals surface area contributed by atoms with Crippen LogP contribution < -0.4 is 9.47 Å². The highest BCUT2D eigenvalue weighted by Gasteiger charge is 2.08. The highest BCUT2D eigenvalue weighted by atomic mass is 79.9. The van der Waals surface area contributed by atoms with Crippen molar-refractivity contribution in [2.45, 2.75) is 0 Å². The van der Waals surface area contributed by atoms with Crippen molar-refractivity contribution in [3.8, 4) is 5.75 Å². The van der Waals surface area contributed by atoms with E-state index in [0.717, 1.165) is 4.47 Å². The second-order valence-corrected chi connectivity index (χ2v) is 3.51. The number of aromatic nitrogens is 1. The van der Waals surface area contributed by atoms with Crippen LogP contribution in [0.25, 0.3) is 0 Å². The van der Waals surface area contributed by atoms with Crippen molar-refractivity contribution in [2.24, 2.45) is 0 Å². The van der Waals surface area contributed by atoms with E-state index in [4.69, 9.17) is 4.74 Å². The molecule has 0 aliphatic rings. The number of halogens is 2. The molecule has 60 valence electrons. The Bertz CT molecular complexity index is 278. The summed E-state index contributed by atoms with van der Waals surface area (Å²) in [5.74, 6) is 0.517. The van der Waals surface area contributed by atoms with Gasteiger partial charge in [0.15, 0.2) is 5.75 Å². The lowest BCUT2D eigenvalue weighted by atomic mass is 10.5. The molecule has 0 atom stereocenters. The van der Waals surface area contributed by atoms with E-state index >= 15 is 0 Å². The molecule has 1 aromatic heterocycles. The lowest BCUT2D eigenvalue weighted by Gasteiger charge is -2.03. The van der Waals surface area contributed by atoms with Gasteiger partial charge in [-0.15, -0.1) is 0 Å². The van der Waals surface area contributed by atoms with Crippen molar-refractivity contribution in [1.29, 1.82) is 0 Å². The predicted molar refractivity (Wildman–Crippen MR) is 47.4 cm³/mol. The molecule has 0 aromatic carbocycles. The molecule has 0 amide bonds.